The summed E-state index contributed by atoms with van der Waals surface area (Å²) in [7, 11) is 0. The van der Waals surface area contributed by atoms with Crippen molar-refractivity contribution in [2.24, 2.45) is 5.73 Å². The van der Waals surface area contributed by atoms with E-state index in [0.29, 0.717) is 5.70 Å². The molecule has 0 aliphatic carbocycles. The summed E-state index contributed by atoms with van der Waals surface area (Å²) in [5.74, 6) is 0. The maximum atomic E-state index is 5.71. The van der Waals surface area contributed by atoms with E-state index in [4.69, 9.17) is 5.73 Å². The van der Waals surface area contributed by atoms with Crippen LogP contribution in [0.2, 0.25) is 0 Å². The molecule has 0 unspecified atom stereocenters. The van der Waals surface area contributed by atoms with Gasteiger partial charge in [0.25, 0.3) is 0 Å². The number of allylic oxidation sites excluding steroid dienone is 2. The smallest absolute Gasteiger partial charge is 0.0479 e. The Bertz CT molecular complexity index is 364. The average Bonchev–Trinajstić information content (AvgIpc) is 2.19. The third-order valence-corrected chi connectivity index (χ3v) is 2.15. The Morgan fingerprint density at radius 3 is 2.86 bits per heavy atom. The molecule has 0 atom stereocenters. The van der Waals surface area contributed by atoms with Crippen LogP contribution in [0.4, 0.5) is 0 Å². The molecule has 0 aromatic carbocycles. The summed E-state index contributed by atoms with van der Waals surface area (Å²) in [6.45, 7) is 7.80. The minimum Gasteiger partial charge on any atom is -0.399 e. The van der Waals surface area contributed by atoms with E-state index in [-0.39, 0.29) is 0 Å². The maximum Gasteiger partial charge on any atom is 0.0479 e. The summed E-state index contributed by atoms with van der Waals surface area (Å²) in [6, 6.07) is 3.94. The predicted molar refractivity (Wildman–Crippen MR) is 60.6 cm³/mol. The first kappa shape index (κ1) is 10.5. The Kier molecular flexibility index (Phi) is 3.46. The van der Waals surface area contributed by atoms with E-state index >= 15 is 0 Å². The normalized spacial score (nSPS) is 11.4. The third-order valence-electron chi connectivity index (χ3n) is 2.15. The lowest BCUT2D eigenvalue weighted by Gasteiger charge is -2.10. The Hall–Kier alpha value is -1.57. The standard InChI is InChI=1S/C12H16N2/c1-4-10(9(3)13)11-7-6-8-14-12(11)5-2/h4,6-8H,3,5,13H2,1-2H3/b10-4+. The van der Waals surface area contributed by atoms with Crippen LogP contribution in [-0.2, 0) is 6.42 Å². The topological polar surface area (TPSA) is 38.9 Å². The van der Waals surface area contributed by atoms with E-state index in [1.165, 1.54) is 0 Å². The first-order chi connectivity index (χ1) is 6.70. The van der Waals surface area contributed by atoms with Crippen molar-refractivity contribution in [3.8, 4) is 0 Å². The van der Waals surface area contributed by atoms with E-state index in [0.717, 1.165) is 23.3 Å². The second-order valence-electron chi connectivity index (χ2n) is 3.08. The van der Waals surface area contributed by atoms with Gasteiger partial charge in [-0.05, 0) is 19.4 Å². The van der Waals surface area contributed by atoms with Crippen LogP contribution in [0.25, 0.3) is 5.57 Å². The van der Waals surface area contributed by atoms with Crippen LogP contribution in [0.15, 0.2) is 36.7 Å². The van der Waals surface area contributed by atoms with Gasteiger partial charge in [0.05, 0.1) is 0 Å². The number of pyridine rings is 1. The van der Waals surface area contributed by atoms with Gasteiger partial charge >= 0.3 is 0 Å². The minimum absolute atomic E-state index is 0.593. The van der Waals surface area contributed by atoms with Crippen molar-refractivity contribution in [1.29, 1.82) is 0 Å². The number of hydrogen-bond donors (Lipinski definition) is 1. The van der Waals surface area contributed by atoms with Gasteiger partial charge in [-0.15, -0.1) is 0 Å². The molecule has 0 bridgehead atoms. The van der Waals surface area contributed by atoms with Gasteiger partial charge in [0.15, 0.2) is 0 Å². The molecular formula is C12H16N2. The molecule has 0 amide bonds. The van der Waals surface area contributed by atoms with Crippen molar-refractivity contribution >= 4 is 5.57 Å². The van der Waals surface area contributed by atoms with Crippen LogP contribution in [0.1, 0.15) is 25.1 Å². The van der Waals surface area contributed by atoms with Crippen LogP contribution < -0.4 is 5.73 Å². The zero-order chi connectivity index (χ0) is 10.6. The second kappa shape index (κ2) is 4.61. The summed E-state index contributed by atoms with van der Waals surface area (Å²) >= 11 is 0. The minimum atomic E-state index is 0.593. The van der Waals surface area contributed by atoms with Crippen molar-refractivity contribution in [1.82, 2.24) is 4.98 Å². The largest absolute Gasteiger partial charge is 0.399 e. The van der Waals surface area contributed by atoms with E-state index in [1.54, 1.807) is 6.20 Å². The van der Waals surface area contributed by atoms with Crippen LogP contribution in [-0.4, -0.2) is 4.98 Å². The van der Waals surface area contributed by atoms with Crippen LogP contribution in [0.3, 0.4) is 0 Å². The van der Waals surface area contributed by atoms with Gasteiger partial charge in [0.1, 0.15) is 0 Å². The fraction of sp³-hybridized carbons (Fsp3) is 0.250. The molecule has 0 spiro atoms. The molecule has 0 aliphatic heterocycles. The number of rotatable bonds is 3. The van der Waals surface area contributed by atoms with E-state index < -0.39 is 0 Å². The summed E-state index contributed by atoms with van der Waals surface area (Å²) in [4.78, 5) is 4.31. The first-order valence-corrected chi connectivity index (χ1v) is 4.76. The monoisotopic (exact) mass is 188 g/mol. The Labute approximate surface area is 85.2 Å². The van der Waals surface area contributed by atoms with Gasteiger partial charge in [0, 0.05) is 28.7 Å². The number of nitrogens with two attached hydrogens (primary N) is 1. The van der Waals surface area contributed by atoms with Gasteiger partial charge in [-0.2, -0.15) is 0 Å². The van der Waals surface area contributed by atoms with Gasteiger partial charge in [-0.3, -0.25) is 4.98 Å². The molecule has 1 aromatic heterocycles. The molecule has 2 N–H and O–H groups in total. The fourth-order valence-electron chi connectivity index (χ4n) is 1.48. The van der Waals surface area contributed by atoms with E-state index in [9.17, 15) is 0 Å². The maximum absolute atomic E-state index is 5.71. The predicted octanol–water partition coefficient (Wildman–Crippen LogP) is 2.52. The Morgan fingerprint density at radius 1 is 1.64 bits per heavy atom. The second-order valence-corrected chi connectivity index (χ2v) is 3.08. The van der Waals surface area contributed by atoms with Gasteiger partial charge < -0.3 is 5.73 Å². The molecule has 14 heavy (non-hydrogen) atoms. The zero-order valence-corrected chi connectivity index (χ0v) is 8.75. The molecule has 0 aliphatic rings. The summed E-state index contributed by atoms with van der Waals surface area (Å²) in [6.07, 6.45) is 4.67. The molecule has 0 saturated heterocycles. The highest BCUT2D eigenvalue weighted by Gasteiger charge is 2.06. The highest BCUT2D eigenvalue weighted by molar-refractivity contribution is 5.78. The zero-order valence-electron chi connectivity index (χ0n) is 8.75. The lowest BCUT2D eigenvalue weighted by Crippen LogP contribution is -2.02. The van der Waals surface area contributed by atoms with E-state index in [1.807, 2.05) is 25.1 Å². The lowest BCUT2D eigenvalue weighted by atomic mass is 10.0. The van der Waals surface area contributed by atoms with Crippen molar-refractivity contribution in [2.75, 3.05) is 0 Å². The molecule has 0 fully saturated rings. The molecule has 2 heteroatoms. The third kappa shape index (κ3) is 2.02. The van der Waals surface area contributed by atoms with Gasteiger partial charge in [-0.25, -0.2) is 0 Å². The number of hydrogen-bond acceptors (Lipinski definition) is 2. The molecule has 0 saturated carbocycles. The molecule has 1 rings (SSSR count). The average molecular weight is 188 g/mol. The summed E-state index contributed by atoms with van der Waals surface area (Å²) in [5.41, 5.74) is 9.44. The molecule has 0 radical (unpaired) electrons. The molecule has 1 heterocycles. The molecule has 1 aromatic rings. The van der Waals surface area contributed by atoms with Crippen LogP contribution >= 0.6 is 0 Å². The molecule has 2 nitrogen and oxygen atoms in total. The SMILES string of the molecule is C=C(N)/C(=C\C)c1cccnc1CC. The summed E-state index contributed by atoms with van der Waals surface area (Å²) in [5, 5.41) is 0. The van der Waals surface area contributed by atoms with Gasteiger partial charge in [0.2, 0.25) is 0 Å². The number of aryl methyl sites for hydroxylation is 1. The van der Waals surface area contributed by atoms with E-state index in [2.05, 4.69) is 18.5 Å². The molecule has 74 valence electrons. The lowest BCUT2D eigenvalue weighted by molar-refractivity contribution is 1.02. The van der Waals surface area contributed by atoms with Crippen LogP contribution in [0, 0.1) is 0 Å². The number of nitrogens with zero attached hydrogens (tertiary/aromatic N) is 1. The quantitative estimate of drug-likeness (QED) is 0.740. The van der Waals surface area contributed by atoms with Crippen molar-refractivity contribution in [3.63, 3.8) is 0 Å². The highest BCUT2D eigenvalue weighted by Crippen LogP contribution is 2.21. The van der Waals surface area contributed by atoms with Gasteiger partial charge in [-0.1, -0.05) is 25.6 Å². The summed E-state index contributed by atoms with van der Waals surface area (Å²) < 4.78 is 0. The molecular weight excluding hydrogens is 172 g/mol. The first-order valence-electron chi connectivity index (χ1n) is 4.76. The fourth-order valence-corrected chi connectivity index (χ4v) is 1.48. The Balaban J connectivity index is 3.23. The Morgan fingerprint density at radius 2 is 2.36 bits per heavy atom. The highest BCUT2D eigenvalue weighted by atomic mass is 14.7. The van der Waals surface area contributed by atoms with Crippen molar-refractivity contribution in [3.05, 3.63) is 47.9 Å². The number of aromatic nitrogens is 1. The van der Waals surface area contributed by atoms with Crippen LogP contribution in [0.5, 0.6) is 0 Å². The van der Waals surface area contributed by atoms with Crippen molar-refractivity contribution < 1.29 is 0 Å². The van der Waals surface area contributed by atoms with Crippen molar-refractivity contribution in [2.45, 2.75) is 20.3 Å².